The molecule has 0 spiro atoms. The van der Waals surface area contributed by atoms with E-state index in [0.717, 1.165) is 46.1 Å². The molecule has 1 fully saturated rings. The third kappa shape index (κ3) is 3.26. The lowest BCUT2D eigenvalue weighted by molar-refractivity contribution is 0.0764. The van der Waals surface area contributed by atoms with E-state index in [4.69, 9.17) is 4.74 Å². The fraction of sp³-hybridized carbons (Fsp3) is 0.269. The van der Waals surface area contributed by atoms with Crippen LogP contribution in [0.2, 0.25) is 0 Å². The quantitative estimate of drug-likeness (QED) is 0.445. The minimum absolute atomic E-state index is 0.0875. The number of carbonyl (C=O) groups is 1. The number of ether oxygens (including phenoxy) is 1. The molecule has 2 aromatic carbocycles. The first-order chi connectivity index (χ1) is 16.0. The number of hydrogen-bond acceptors (Lipinski definition) is 4. The standard InChI is InChI=1S/C26H23FN4O2/c1-30-12-21-17(7-8-24(33-2)25(21)29-30)16-10-19(15-5-6-15)20(22(27)11-16)13-31-14-23-18(26(31)32)4-3-9-28-23/h3-4,7-12,15H,5-6,13-14H2,1-2H3. The van der Waals surface area contributed by atoms with Gasteiger partial charge in [-0.1, -0.05) is 6.07 Å². The number of hydrogen-bond donors (Lipinski definition) is 0. The number of benzene rings is 2. The highest BCUT2D eigenvalue weighted by Gasteiger charge is 2.33. The first kappa shape index (κ1) is 19.9. The van der Waals surface area contributed by atoms with Gasteiger partial charge in [-0.3, -0.25) is 14.5 Å². The maximum absolute atomic E-state index is 15.6. The van der Waals surface area contributed by atoms with Crippen LogP contribution in [0.4, 0.5) is 4.39 Å². The van der Waals surface area contributed by atoms with Crippen molar-refractivity contribution in [2.45, 2.75) is 31.8 Å². The number of amides is 1. The lowest BCUT2D eigenvalue weighted by Crippen LogP contribution is -2.24. The number of halogens is 1. The summed E-state index contributed by atoms with van der Waals surface area (Å²) < 4.78 is 22.9. The number of rotatable bonds is 5. The van der Waals surface area contributed by atoms with Crippen LogP contribution < -0.4 is 4.74 Å². The number of nitrogens with zero attached hydrogens (tertiary/aromatic N) is 4. The molecule has 4 aromatic rings. The van der Waals surface area contributed by atoms with Gasteiger partial charge in [-0.2, -0.15) is 5.10 Å². The lowest BCUT2D eigenvalue weighted by Gasteiger charge is -2.20. The van der Waals surface area contributed by atoms with Gasteiger partial charge in [0.05, 0.1) is 24.9 Å². The van der Waals surface area contributed by atoms with E-state index in [1.165, 1.54) is 0 Å². The molecule has 166 valence electrons. The summed E-state index contributed by atoms with van der Waals surface area (Å²) in [7, 11) is 3.48. The molecule has 6 rings (SSSR count). The van der Waals surface area contributed by atoms with E-state index in [2.05, 4.69) is 16.1 Å². The molecule has 0 bridgehead atoms. The van der Waals surface area contributed by atoms with Gasteiger partial charge in [0, 0.05) is 36.9 Å². The van der Waals surface area contributed by atoms with Crippen LogP contribution >= 0.6 is 0 Å². The van der Waals surface area contributed by atoms with Crippen molar-refractivity contribution in [3.63, 3.8) is 0 Å². The lowest BCUT2D eigenvalue weighted by atomic mass is 9.94. The van der Waals surface area contributed by atoms with Gasteiger partial charge in [-0.05, 0) is 65.8 Å². The molecule has 6 nitrogen and oxygen atoms in total. The summed E-state index contributed by atoms with van der Waals surface area (Å²) in [6.07, 6.45) is 5.70. The molecule has 0 saturated heterocycles. The summed E-state index contributed by atoms with van der Waals surface area (Å²) in [6.45, 7) is 0.660. The summed E-state index contributed by atoms with van der Waals surface area (Å²) in [4.78, 5) is 18.9. The zero-order chi connectivity index (χ0) is 22.7. The smallest absolute Gasteiger partial charge is 0.256 e. The number of pyridine rings is 1. The molecule has 0 N–H and O–H groups in total. The highest BCUT2D eigenvalue weighted by molar-refractivity contribution is 5.98. The van der Waals surface area contributed by atoms with Crippen molar-refractivity contribution < 1.29 is 13.9 Å². The molecule has 0 atom stereocenters. The Morgan fingerprint density at radius 1 is 1.18 bits per heavy atom. The average molecular weight is 442 g/mol. The molecule has 1 aliphatic carbocycles. The first-order valence-electron chi connectivity index (χ1n) is 11.1. The molecule has 33 heavy (non-hydrogen) atoms. The number of carbonyl (C=O) groups excluding carboxylic acids is 1. The van der Waals surface area contributed by atoms with Gasteiger partial charge in [0.25, 0.3) is 5.91 Å². The van der Waals surface area contributed by atoms with Crippen LogP contribution in [-0.4, -0.2) is 32.7 Å². The fourth-order valence-electron chi connectivity index (χ4n) is 4.85. The van der Waals surface area contributed by atoms with Crippen molar-refractivity contribution in [2.75, 3.05) is 7.11 Å². The Morgan fingerprint density at radius 3 is 2.79 bits per heavy atom. The van der Waals surface area contributed by atoms with E-state index in [1.807, 2.05) is 25.4 Å². The Hall–Kier alpha value is -3.74. The Bertz CT molecular complexity index is 1420. The van der Waals surface area contributed by atoms with Crippen molar-refractivity contribution in [1.82, 2.24) is 19.7 Å². The molecule has 2 aliphatic rings. The van der Waals surface area contributed by atoms with Crippen molar-refractivity contribution in [3.8, 4) is 16.9 Å². The molecule has 1 aliphatic heterocycles. The molecular formula is C26H23FN4O2. The zero-order valence-electron chi connectivity index (χ0n) is 18.5. The van der Waals surface area contributed by atoms with E-state index in [1.54, 1.807) is 41.1 Å². The Labute approximate surface area is 190 Å². The van der Waals surface area contributed by atoms with E-state index in [0.29, 0.717) is 29.3 Å². The molecule has 0 unspecified atom stereocenters. The Morgan fingerprint density at radius 2 is 2.03 bits per heavy atom. The summed E-state index contributed by atoms with van der Waals surface area (Å²) in [5.41, 5.74) is 5.46. The molecule has 1 saturated carbocycles. The van der Waals surface area contributed by atoms with Gasteiger partial charge in [0.2, 0.25) is 0 Å². The predicted octanol–water partition coefficient (Wildman–Crippen LogP) is 4.82. The first-order valence-corrected chi connectivity index (χ1v) is 11.1. The van der Waals surface area contributed by atoms with Gasteiger partial charge < -0.3 is 9.64 Å². The van der Waals surface area contributed by atoms with Crippen molar-refractivity contribution in [3.05, 3.63) is 77.0 Å². The van der Waals surface area contributed by atoms with Gasteiger partial charge in [-0.15, -0.1) is 0 Å². The Kier molecular flexibility index (Phi) is 4.47. The SMILES string of the molecule is COc1ccc(-c2cc(F)c(CN3Cc4ncccc4C3=O)c(C3CC3)c2)c2cn(C)nc12. The molecule has 2 aromatic heterocycles. The third-order valence-corrected chi connectivity index (χ3v) is 6.63. The van der Waals surface area contributed by atoms with Crippen LogP contribution in [0, 0.1) is 5.82 Å². The van der Waals surface area contributed by atoms with E-state index < -0.39 is 0 Å². The van der Waals surface area contributed by atoms with Crippen molar-refractivity contribution in [1.29, 1.82) is 0 Å². The van der Waals surface area contributed by atoms with Crippen molar-refractivity contribution >= 4 is 16.8 Å². The van der Waals surface area contributed by atoms with E-state index in [-0.39, 0.29) is 18.3 Å². The van der Waals surface area contributed by atoms with Crippen LogP contribution in [0.1, 0.15) is 45.9 Å². The maximum Gasteiger partial charge on any atom is 0.256 e. The summed E-state index contributed by atoms with van der Waals surface area (Å²) in [5.74, 6) is 0.652. The van der Waals surface area contributed by atoms with E-state index >= 15 is 4.39 Å². The van der Waals surface area contributed by atoms with E-state index in [9.17, 15) is 4.79 Å². The molecule has 7 heteroatoms. The van der Waals surface area contributed by atoms with Gasteiger partial charge in [0.1, 0.15) is 17.1 Å². The van der Waals surface area contributed by atoms with Crippen LogP contribution in [-0.2, 0) is 20.1 Å². The monoisotopic (exact) mass is 442 g/mol. The normalized spacial score (nSPS) is 15.4. The number of methoxy groups -OCH3 is 1. The number of aryl methyl sites for hydroxylation is 1. The topological polar surface area (TPSA) is 60.2 Å². The second kappa shape index (κ2) is 7.40. The fourth-order valence-corrected chi connectivity index (χ4v) is 4.85. The van der Waals surface area contributed by atoms with Crippen LogP contribution in [0.5, 0.6) is 5.75 Å². The molecule has 3 heterocycles. The third-order valence-electron chi connectivity index (χ3n) is 6.63. The second-order valence-electron chi connectivity index (χ2n) is 8.84. The Balaban J connectivity index is 1.42. The largest absolute Gasteiger partial charge is 0.494 e. The molecular weight excluding hydrogens is 419 g/mol. The van der Waals surface area contributed by atoms with Gasteiger partial charge in [-0.25, -0.2) is 4.39 Å². The highest BCUT2D eigenvalue weighted by atomic mass is 19.1. The van der Waals surface area contributed by atoms with Crippen LogP contribution in [0.15, 0.2) is 48.8 Å². The minimum atomic E-state index is -0.279. The molecule has 0 radical (unpaired) electrons. The summed E-state index contributed by atoms with van der Waals surface area (Å²) in [5, 5.41) is 5.44. The number of fused-ring (bicyclic) bond motifs is 2. The van der Waals surface area contributed by atoms with Crippen molar-refractivity contribution in [2.24, 2.45) is 7.05 Å². The van der Waals surface area contributed by atoms with Gasteiger partial charge >= 0.3 is 0 Å². The van der Waals surface area contributed by atoms with Gasteiger partial charge in [0.15, 0.2) is 0 Å². The number of aromatic nitrogens is 3. The highest BCUT2D eigenvalue weighted by Crippen LogP contribution is 2.45. The predicted molar refractivity (Wildman–Crippen MR) is 122 cm³/mol. The van der Waals surface area contributed by atoms with Crippen LogP contribution in [0.25, 0.3) is 22.0 Å². The van der Waals surface area contributed by atoms with Crippen LogP contribution in [0.3, 0.4) is 0 Å². The maximum atomic E-state index is 15.6. The average Bonchev–Trinajstić information content (AvgIpc) is 3.51. The minimum Gasteiger partial charge on any atom is -0.494 e. The zero-order valence-corrected chi connectivity index (χ0v) is 18.5. The molecule has 1 amide bonds. The summed E-state index contributed by atoms with van der Waals surface area (Å²) >= 11 is 0. The second-order valence-corrected chi connectivity index (χ2v) is 8.84. The summed E-state index contributed by atoms with van der Waals surface area (Å²) in [6, 6.07) is 11.1.